The van der Waals surface area contributed by atoms with Crippen LogP contribution in [0, 0.1) is 11.3 Å². The number of hydrogen-bond acceptors (Lipinski definition) is 6. The van der Waals surface area contributed by atoms with Gasteiger partial charge in [-0.3, -0.25) is 4.79 Å². The third kappa shape index (κ3) is 4.48. The third-order valence-corrected chi connectivity index (χ3v) is 3.24. The van der Waals surface area contributed by atoms with Gasteiger partial charge in [-0.25, -0.2) is 0 Å². The smallest absolute Gasteiger partial charge is 0.382 e. The molecule has 8 nitrogen and oxygen atoms in total. The molecule has 0 aromatic heterocycles. The van der Waals surface area contributed by atoms with Crippen LogP contribution in [-0.4, -0.2) is 33.5 Å². The standard InChI is InChI=1S/C12H13N3O5S/c1-14-12(17)9(7-13)5-8-3-4-10(16)11(6-8)20-21(18,19)15-2/h3-6,15-16H,1-2H3,(H,14,17)/b9-5+. The summed E-state index contributed by atoms with van der Waals surface area (Å²) >= 11 is 0. The van der Waals surface area contributed by atoms with Crippen molar-refractivity contribution in [2.24, 2.45) is 0 Å². The van der Waals surface area contributed by atoms with Crippen LogP contribution in [0.5, 0.6) is 11.5 Å². The summed E-state index contributed by atoms with van der Waals surface area (Å²) in [5.74, 6) is -1.31. The Balaban J connectivity index is 3.22. The normalized spacial score (nSPS) is 11.6. The van der Waals surface area contributed by atoms with Gasteiger partial charge in [0.2, 0.25) is 0 Å². The van der Waals surface area contributed by atoms with Crippen molar-refractivity contribution in [1.29, 1.82) is 5.26 Å². The van der Waals surface area contributed by atoms with Crippen LogP contribution in [0.25, 0.3) is 6.08 Å². The molecule has 0 saturated heterocycles. The molecule has 0 saturated carbocycles. The highest BCUT2D eigenvalue weighted by atomic mass is 32.2. The average Bonchev–Trinajstić information content (AvgIpc) is 2.46. The number of aromatic hydroxyl groups is 1. The number of hydrogen-bond donors (Lipinski definition) is 3. The zero-order valence-corrected chi connectivity index (χ0v) is 12.1. The summed E-state index contributed by atoms with van der Waals surface area (Å²) in [6.07, 6.45) is 1.23. The van der Waals surface area contributed by atoms with Crippen molar-refractivity contribution in [2.45, 2.75) is 0 Å². The summed E-state index contributed by atoms with van der Waals surface area (Å²) in [5, 5.41) is 20.7. The molecule has 1 aromatic carbocycles. The monoisotopic (exact) mass is 311 g/mol. The maximum Gasteiger partial charge on any atom is 0.382 e. The predicted molar refractivity (Wildman–Crippen MR) is 74.4 cm³/mol. The Bertz CT molecular complexity index is 719. The van der Waals surface area contributed by atoms with Gasteiger partial charge in [0, 0.05) is 14.1 Å². The number of likely N-dealkylation sites (N-methyl/N-ethyl adjacent to an activating group) is 1. The molecule has 0 radical (unpaired) electrons. The van der Waals surface area contributed by atoms with Crippen LogP contribution in [0.15, 0.2) is 23.8 Å². The Kier molecular flexibility index (Phi) is 5.29. The minimum Gasteiger partial charge on any atom is -0.504 e. The zero-order chi connectivity index (χ0) is 16.0. The van der Waals surface area contributed by atoms with Gasteiger partial charge in [0.1, 0.15) is 11.6 Å². The molecule has 112 valence electrons. The van der Waals surface area contributed by atoms with Crippen molar-refractivity contribution in [1.82, 2.24) is 10.0 Å². The Morgan fingerprint density at radius 2 is 2.10 bits per heavy atom. The van der Waals surface area contributed by atoms with Gasteiger partial charge in [-0.2, -0.15) is 18.4 Å². The van der Waals surface area contributed by atoms with Crippen molar-refractivity contribution < 1.29 is 22.5 Å². The molecule has 0 aliphatic carbocycles. The van der Waals surface area contributed by atoms with Crippen molar-refractivity contribution in [3.05, 3.63) is 29.3 Å². The fourth-order valence-electron chi connectivity index (χ4n) is 1.30. The fraction of sp³-hybridized carbons (Fsp3) is 0.167. The summed E-state index contributed by atoms with van der Waals surface area (Å²) in [7, 11) is -1.52. The summed E-state index contributed by atoms with van der Waals surface area (Å²) in [6.45, 7) is 0. The first-order chi connectivity index (χ1) is 9.82. The van der Waals surface area contributed by atoms with E-state index in [1.807, 2.05) is 4.72 Å². The van der Waals surface area contributed by atoms with Crippen LogP contribution in [0.2, 0.25) is 0 Å². The van der Waals surface area contributed by atoms with E-state index < -0.39 is 22.0 Å². The lowest BCUT2D eigenvalue weighted by atomic mass is 10.1. The maximum absolute atomic E-state index is 11.4. The van der Waals surface area contributed by atoms with Crippen LogP contribution in [0.4, 0.5) is 0 Å². The second-order valence-electron chi connectivity index (χ2n) is 3.72. The van der Waals surface area contributed by atoms with Crippen LogP contribution < -0.4 is 14.2 Å². The number of phenols is 1. The molecule has 1 aromatic rings. The first-order valence-electron chi connectivity index (χ1n) is 5.62. The van der Waals surface area contributed by atoms with Gasteiger partial charge in [0.15, 0.2) is 11.5 Å². The molecular formula is C12H13N3O5S. The summed E-state index contributed by atoms with van der Waals surface area (Å²) in [4.78, 5) is 11.4. The molecule has 21 heavy (non-hydrogen) atoms. The van der Waals surface area contributed by atoms with Crippen molar-refractivity contribution in [3.63, 3.8) is 0 Å². The van der Waals surface area contributed by atoms with Crippen molar-refractivity contribution >= 4 is 22.3 Å². The van der Waals surface area contributed by atoms with E-state index in [1.54, 1.807) is 6.07 Å². The number of carbonyl (C=O) groups is 1. The van der Waals surface area contributed by atoms with Gasteiger partial charge in [-0.05, 0) is 23.8 Å². The second kappa shape index (κ2) is 6.74. The molecule has 0 bridgehead atoms. The molecule has 1 rings (SSSR count). The molecule has 3 N–H and O–H groups in total. The Morgan fingerprint density at radius 3 is 2.62 bits per heavy atom. The van der Waals surface area contributed by atoms with Gasteiger partial charge in [0.05, 0.1) is 0 Å². The van der Waals surface area contributed by atoms with E-state index in [9.17, 15) is 18.3 Å². The molecule has 0 spiro atoms. The molecule has 0 heterocycles. The van der Waals surface area contributed by atoms with Gasteiger partial charge in [0.25, 0.3) is 5.91 Å². The van der Waals surface area contributed by atoms with E-state index in [1.165, 1.54) is 31.3 Å². The second-order valence-corrected chi connectivity index (χ2v) is 5.20. The van der Waals surface area contributed by atoms with E-state index in [0.29, 0.717) is 5.56 Å². The van der Waals surface area contributed by atoms with Crippen LogP contribution in [0.1, 0.15) is 5.56 Å². The largest absolute Gasteiger partial charge is 0.504 e. The van der Waals surface area contributed by atoms with Crippen molar-refractivity contribution in [2.75, 3.05) is 14.1 Å². The lowest BCUT2D eigenvalue weighted by Crippen LogP contribution is -2.24. The number of phenolic OH excluding ortho intramolecular Hbond substituents is 1. The summed E-state index contributed by atoms with van der Waals surface area (Å²) < 4.78 is 29.1. The Labute approximate surface area is 121 Å². The van der Waals surface area contributed by atoms with E-state index in [0.717, 1.165) is 7.05 Å². The van der Waals surface area contributed by atoms with Crippen LogP contribution in [0.3, 0.4) is 0 Å². The molecule has 0 aliphatic heterocycles. The van der Waals surface area contributed by atoms with Gasteiger partial charge in [-0.1, -0.05) is 6.07 Å². The number of nitrogens with zero attached hydrogens (tertiary/aromatic N) is 1. The minimum atomic E-state index is -4.04. The highest BCUT2D eigenvalue weighted by Gasteiger charge is 2.14. The third-order valence-electron chi connectivity index (χ3n) is 2.34. The highest BCUT2D eigenvalue weighted by molar-refractivity contribution is 7.85. The quantitative estimate of drug-likeness (QED) is 0.514. The van der Waals surface area contributed by atoms with Crippen LogP contribution in [-0.2, 0) is 15.1 Å². The molecular weight excluding hydrogens is 298 g/mol. The molecule has 0 atom stereocenters. The first kappa shape index (κ1) is 16.5. The summed E-state index contributed by atoms with van der Waals surface area (Å²) in [5.41, 5.74) is 0.139. The van der Waals surface area contributed by atoms with E-state index >= 15 is 0 Å². The lowest BCUT2D eigenvalue weighted by Gasteiger charge is -2.08. The maximum atomic E-state index is 11.4. The number of nitriles is 1. The molecule has 0 aliphatic rings. The number of nitrogens with one attached hydrogen (secondary N) is 2. The first-order valence-corrected chi connectivity index (χ1v) is 7.03. The van der Waals surface area contributed by atoms with Crippen molar-refractivity contribution in [3.8, 4) is 17.6 Å². The zero-order valence-electron chi connectivity index (χ0n) is 11.2. The predicted octanol–water partition coefficient (Wildman–Crippen LogP) is -0.112. The number of carbonyl (C=O) groups excluding carboxylic acids is 1. The summed E-state index contributed by atoms with van der Waals surface area (Å²) in [6, 6.07) is 5.48. The Morgan fingerprint density at radius 1 is 1.43 bits per heavy atom. The topological polar surface area (TPSA) is 129 Å². The minimum absolute atomic E-state index is 0.175. The Hall–Kier alpha value is -2.57. The van der Waals surface area contributed by atoms with Gasteiger partial charge in [-0.15, -0.1) is 0 Å². The van der Waals surface area contributed by atoms with Gasteiger partial charge >= 0.3 is 10.3 Å². The van der Waals surface area contributed by atoms with Crippen LogP contribution >= 0.6 is 0 Å². The van der Waals surface area contributed by atoms with E-state index in [2.05, 4.69) is 9.50 Å². The number of rotatable bonds is 5. The fourth-order valence-corrected chi connectivity index (χ4v) is 1.75. The number of benzene rings is 1. The number of amides is 1. The highest BCUT2D eigenvalue weighted by Crippen LogP contribution is 2.28. The molecule has 0 fully saturated rings. The molecule has 0 unspecified atom stereocenters. The lowest BCUT2D eigenvalue weighted by molar-refractivity contribution is -0.116. The van der Waals surface area contributed by atoms with E-state index in [-0.39, 0.29) is 11.3 Å². The SMILES string of the molecule is CNC(=O)/C(C#N)=C/c1ccc(O)c(OS(=O)(=O)NC)c1. The van der Waals surface area contributed by atoms with E-state index in [4.69, 9.17) is 5.26 Å². The average molecular weight is 311 g/mol. The molecule has 9 heteroatoms. The van der Waals surface area contributed by atoms with Gasteiger partial charge < -0.3 is 14.6 Å². The molecule has 1 amide bonds.